The van der Waals surface area contributed by atoms with Crippen molar-refractivity contribution >= 4 is 0 Å². The van der Waals surface area contributed by atoms with Crippen LogP contribution in [0.2, 0.25) is 0 Å². The van der Waals surface area contributed by atoms with Crippen molar-refractivity contribution < 1.29 is 10.2 Å². The predicted octanol–water partition coefficient (Wildman–Crippen LogP) is -0.934. The lowest BCUT2D eigenvalue weighted by atomic mass is 10.3. The third kappa shape index (κ3) is 0.763. The van der Waals surface area contributed by atoms with Crippen LogP contribution in [0.25, 0.3) is 0 Å². The van der Waals surface area contributed by atoms with Gasteiger partial charge in [0.1, 0.15) is 29.9 Å². The fraction of sp³-hybridized carbons (Fsp3) is 0.333. The first-order valence-electron chi connectivity index (χ1n) is 2.62. The summed E-state index contributed by atoms with van der Waals surface area (Å²) in [5.74, 6) is 0. The van der Waals surface area contributed by atoms with Crippen molar-refractivity contribution in [3.05, 3.63) is 11.1 Å². The second-order valence-electron chi connectivity index (χ2n) is 1.94. The lowest BCUT2D eigenvalue weighted by Gasteiger charge is -1.73. The first-order chi connectivity index (χ1) is 4.72. The molecular weight excluding hydrogens is 132 g/mol. The number of allylic oxidation sites excluding steroid dienone is 1. The summed E-state index contributed by atoms with van der Waals surface area (Å²) in [6.45, 7) is 0. The molecule has 1 fully saturated rings. The van der Waals surface area contributed by atoms with Crippen LogP contribution in [0.1, 0.15) is 0 Å². The summed E-state index contributed by atoms with van der Waals surface area (Å²) in [7, 11) is 0. The molecule has 50 valence electrons. The monoisotopic (exact) mass is 136 g/mol. The average molecular weight is 136 g/mol. The van der Waals surface area contributed by atoms with Crippen molar-refractivity contribution in [2.45, 2.75) is 12.2 Å². The molecule has 2 N–H and O–H groups in total. The van der Waals surface area contributed by atoms with E-state index in [0.717, 1.165) is 0 Å². The summed E-state index contributed by atoms with van der Waals surface area (Å²) in [6, 6.07) is 3.15. The number of aliphatic hydroxyl groups excluding tert-OH is 2. The van der Waals surface area contributed by atoms with Gasteiger partial charge in [-0.2, -0.15) is 10.5 Å². The van der Waals surface area contributed by atoms with Crippen LogP contribution in [0.4, 0.5) is 0 Å². The lowest BCUT2D eigenvalue weighted by molar-refractivity contribution is 0.180. The summed E-state index contributed by atoms with van der Waals surface area (Å²) >= 11 is 0. The van der Waals surface area contributed by atoms with Crippen molar-refractivity contribution in [1.82, 2.24) is 0 Å². The highest BCUT2D eigenvalue weighted by Crippen LogP contribution is 2.32. The second-order valence-corrected chi connectivity index (χ2v) is 1.94. The van der Waals surface area contributed by atoms with E-state index in [2.05, 4.69) is 0 Å². The van der Waals surface area contributed by atoms with Crippen LogP contribution >= 0.6 is 0 Å². The summed E-state index contributed by atoms with van der Waals surface area (Å²) < 4.78 is 0. The molecule has 0 radical (unpaired) electrons. The van der Waals surface area contributed by atoms with Gasteiger partial charge in [-0.3, -0.25) is 0 Å². The number of hydrogen-bond acceptors (Lipinski definition) is 4. The molecule has 1 aliphatic rings. The Balaban J connectivity index is 2.94. The summed E-state index contributed by atoms with van der Waals surface area (Å²) in [4.78, 5) is 0. The maximum absolute atomic E-state index is 8.72. The maximum atomic E-state index is 8.72. The minimum atomic E-state index is -0.991. The molecule has 0 spiro atoms. The van der Waals surface area contributed by atoms with Crippen LogP contribution in [0, 0.1) is 22.7 Å². The topological polar surface area (TPSA) is 88.0 Å². The molecule has 0 saturated heterocycles. The van der Waals surface area contributed by atoms with Crippen molar-refractivity contribution in [1.29, 1.82) is 10.5 Å². The second kappa shape index (κ2) is 2.11. The molecule has 1 aliphatic carbocycles. The molecule has 1 rings (SSSR count). The van der Waals surface area contributed by atoms with E-state index in [1.807, 2.05) is 0 Å². The third-order valence-electron chi connectivity index (χ3n) is 1.34. The van der Waals surface area contributed by atoms with Gasteiger partial charge < -0.3 is 10.2 Å². The predicted molar refractivity (Wildman–Crippen MR) is 30.3 cm³/mol. The fourth-order valence-corrected chi connectivity index (χ4v) is 0.685. The molecule has 2 atom stereocenters. The molecule has 0 aromatic carbocycles. The van der Waals surface area contributed by atoms with Gasteiger partial charge in [0.15, 0.2) is 0 Å². The zero-order valence-electron chi connectivity index (χ0n) is 4.94. The molecule has 4 nitrogen and oxygen atoms in total. The van der Waals surface area contributed by atoms with Crippen LogP contribution < -0.4 is 0 Å². The van der Waals surface area contributed by atoms with Gasteiger partial charge in [0.05, 0.1) is 0 Å². The van der Waals surface area contributed by atoms with E-state index in [9.17, 15) is 0 Å². The van der Waals surface area contributed by atoms with Crippen LogP contribution in [0.3, 0.4) is 0 Å². The van der Waals surface area contributed by atoms with Crippen molar-refractivity contribution in [2.24, 2.45) is 0 Å². The Morgan fingerprint density at radius 2 is 1.60 bits per heavy atom. The Morgan fingerprint density at radius 1 is 1.20 bits per heavy atom. The average Bonchev–Trinajstić information content (AvgIpc) is 2.49. The van der Waals surface area contributed by atoms with Crippen molar-refractivity contribution in [3.63, 3.8) is 0 Å². The zero-order chi connectivity index (χ0) is 7.72. The lowest BCUT2D eigenvalue weighted by Crippen LogP contribution is -1.85. The first kappa shape index (κ1) is 6.76. The van der Waals surface area contributed by atoms with E-state index in [0.29, 0.717) is 0 Å². The molecule has 0 aromatic heterocycles. The highest BCUT2D eigenvalue weighted by atomic mass is 16.4. The van der Waals surface area contributed by atoms with Crippen LogP contribution in [0.5, 0.6) is 0 Å². The zero-order valence-corrected chi connectivity index (χ0v) is 4.94. The van der Waals surface area contributed by atoms with Gasteiger partial charge in [-0.25, -0.2) is 0 Å². The molecule has 2 unspecified atom stereocenters. The Hall–Kier alpha value is -1.36. The molecule has 10 heavy (non-hydrogen) atoms. The Kier molecular flexibility index (Phi) is 1.42. The SMILES string of the molecule is N#CC(C#N)=C1C(O)C1O. The number of nitriles is 2. The van der Waals surface area contributed by atoms with Crippen LogP contribution in [-0.4, -0.2) is 22.4 Å². The van der Waals surface area contributed by atoms with E-state index >= 15 is 0 Å². The van der Waals surface area contributed by atoms with Crippen molar-refractivity contribution in [2.75, 3.05) is 0 Å². The molecule has 0 aromatic rings. The van der Waals surface area contributed by atoms with E-state index in [4.69, 9.17) is 20.7 Å². The maximum Gasteiger partial charge on any atom is 0.134 e. The van der Waals surface area contributed by atoms with Gasteiger partial charge >= 0.3 is 0 Å². The Labute approximate surface area is 57.2 Å². The van der Waals surface area contributed by atoms with Crippen molar-refractivity contribution in [3.8, 4) is 12.1 Å². The number of nitrogens with zero attached hydrogens (tertiary/aromatic N) is 2. The fourth-order valence-electron chi connectivity index (χ4n) is 0.685. The highest BCUT2D eigenvalue weighted by molar-refractivity contribution is 5.51. The van der Waals surface area contributed by atoms with Gasteiger partial charge in [-0.1, -0.05) is 0 Å². The first-order valence-corrected chi connectivity index (χ1v) is 2.62. The van der Waals surface area contributed by atoms with Gasteiger partial charge in [-0.05, 0) is 0 Å². The van der Waals surface area contributed by atoms with Gasteiger partial charge in [-0.15, -0.1) is 0 Å². The summed E-state index contributed by atoms with van der Waals surface area (Å²) in [6.07, 6.45) is -1.98. The quantitative estimate of drug-likeness (QED) is 0.421. The van der Waals surface area contributed by atoms with Gasteiger partial charge in [0, 0.05) is 5.57 Å². The standard InChI is InChI=1S/C6H4N2O2/c7-1-3(2-8)4-5(9)6(4)10/h5-6,9-10H. The summed E-state index contributed by atoms with van der Waals surface area (Å²) in [5.41, 5.74) is -0.0370. The number of aliphatic hydroxyl groups is 2. The Bertz CT molecular complexity index is 242. The molecule has 0 bridgehead atoms. The van der Waals surface area contributed by atoms with Gasteiger partial charge in [0.25, 0.3) is 0 Å². The largest absolute Gasteiger partial charge is 0.385 e. The molecule has 1 saturated carbocycles. The number of rotatable bonds is 0. The minimum Gasteiger partial charge on any atom is -0.385 e. The van der Waals surface area contributed by atoms with E-state index in [1.54, 1.807) is 12.1 Å². The normalized spacial score (nSPS) is 28.6. The van der Waals surface area contributed by atoms with Crippen LogP contribution in [0.15, 0.2) is 11.1 Å². The molecule has 0 heterocycles. The minimum absolute atomic E-state index is 0.144. The van der Waals surface area contributed by atoms with E-state index in [-0.39, 0.29) is 11.1 Å². The van der Waals surface area contributed by atoms with E-state index < -0.39 is 12.2 Å². The van der Waals surface area contributed by atoms with Crippen LogP contribution in [-0.2, 0) is 0 Å². The molecule has 0 amide bonds. The van der Waals surface area contributed by atoms with E-state index in [1.165, 1.54) is 0 Å². The Morgan fingerprint density at radius 3 is 1.70 bits per heavy atom. The number of hydrogen-bond donors (Lipinski definition) is 2. The molecular formula is C6H4N2O2. The smallest absolute Gasteiger partial charge is 0.134 e. The third-order valence-corrected chi connectivity index (χ3v) is 1.34. The molecule has 0 aliphatic heterocycles. The highest BCUT2D eigenvalue weighted by Gasteiger charge is 2.44. The molecule has 4 heteroatoms. The summed E-state index contributed by atoms with van der Waals surface area (Å²) in [5, 5.41) is 33.9. The van der Waals surface area contributed by atoms with Gasteiger partial charge in [0.2, 0.25) is 0 Å².